The van der Waals surface area contributed by atoms with Crippen LogP contribution in [0.2, 0.25) is 0 Å². The molecule has 1 N–H and O–H groups in total. The highest BCUT2D eigenvalue weighted by Gasteiger charge is 2.22. The van der Waals surface area contributed by atoms with Crippen molar-refractivity contribution in [1.82, 2.24) is 0 Å². The molecule has 1 saturated heterocycles. The molecule has 18 heavy (non-hydrogen) atoms. The minimum atomic E-state index is -0.262. The average molecular weight is 251 g/mol. The van der Waals surface area contributed by atoms with Crippen molar-refractivity contribution >= 4 is 5.69 Å². The second-order valence-electron chi connectivity index (χ2n) is 5.54. The normalized spacial score (nSPS) is 17.5. The number of hydrogen-bond acceptors (Lipinski definition) is 2. The molecule has 2 nitrogen and oxygen atoms in total. The van der Waals surface area contributed by atoms with E-state index in [-0.39, 0.29) is 12.4 Å². The van der Waals surface area contributed by atoms with Gasteiger partial charge in [-0.3, -0.25) is 0 Å². The van der Waals surface area contributed by atoms with E-state index in [1.165, 1.54) is 18.9 Å². The predicted octanol–water partition coefficient (Wildman–Crippen LogP) is 3.19. The molecule has 0 unspecified atom stereocenters. The largest absolute Gasteiger partial charge is 0.392 e. The third kappa shape index (κ3) is 3.02. The Bertz CT molecular complexity index is 397. The SMILES string of the molecule is CC(C)C1CCN(c2cc(F)cc(CO)c2)CC1. The lowest BCUT2D eigenvalue weighted by Crippen LogP contribution is -2.35. The number of anilines is 1. The maximum atomic E-state index is 13.4. The zero-order valence-electron chi connectivity index (χ0n) is 11.2. The quantitative estimate of drug-likeness (QED) is 0.891. The summed E-state index contributed by atoms with van der Waals surface area (Å²) in [7, 11) is 0. The number of nitrogens with zero attached hydrogens (tertiary/aromatic N) is 1. The predicted molar refractivity (Wildman–Crippen MR) is 72.1 cm³/mol. The van der Waals surface area contributed by atoms with Gasteiger partial charge in [-0.05, 0) is 48.4 Å². The molecule has 0 atom stereocenters. The van der Waals surface area contributed by atoms with Gasteiger partial charge in [0.05, 0.1) is 6.61 Å². The molecule has 2 rings (SSSR count). The van der Waals surface area contributed by atoms with Crippen LogP contribution in [0, 0.1) is 17.7 Å². The molecule has 1 aliphatic heterocycles. The van der Waals surface area contributed by atoms with Crippen molar-refractivity contribution in [1.29, 1.82) is 0 Å². The Labute approximate surface area is 108 Å². The molecular weight excluding hydrogens is 229 g/mol. The van der Waals surface area contributed by atoms with Crippen molar-refractivity contribution in [3.8, 4) is 0 Å². The molecule has 0 aliphatic carbocycles. The average Bonchev–Trinajstić information content (AvgIpc) is 2.38. The number of aliphatic hydroxyl groups is 1. The van der Waals surface area contributed by atoms with Crippen molar-refractivity contribution in [2.24, 2.45) is 11.8 Å². The van der Waals surface area contributed by atoms with E-state index in [0.29, 0.717) is 5.56 Å². The zero-order chi connectivity index (χ0) is 13.1. The van der Waals surface area contributed by atoms with Gasteiger partial charge in [0.2, 0.25) is 0 Å². The first-order valence-electron chi connectivity index (χ1n) is 6.75. The summed E-state index contributed by atoms with van der Waals surface area (Å²) in [6, 6.07) is 4.85. The van der Waals surface area contributed by atoms with E-state index >= 15 is 0 Å². The molecule has 1 aliphatic rings. The van der Waals surface area contributed by atoms with Gasteiger partial charge in [-0.1, -0.05) is 13.8 Å². The molecule has 1 aromatic rings. The van der Waals surface area contributed by atoms with E-state index in [1.54, 1.807) is 6.07 Å². The van der Waals surface area contributed by atoms with Crippen LogP contribution in [0.5, 0.6) is 0 Å². The fourth-order valence-corrected chi connectivity index (χ4v) is 2.73. The Kier molecular flexibility index (Phi) is 4.23. The van der Waals surface area contributed by atoms with Gasteiger partial charge in [0.1, 0.15) is 5.82 Å². The molecule has 100 valence electrons. The van der Waals surface area contributed by atoms with Crippen LogP contribution in [0.1, 0.15) is 32.3 Å². The standard InChI is InChI=1S/C15H22FNO/c1-11(2)13-3-5-17(6-4-13)15-8-12(10-18)7-14(16)9-15/h7-9,11,13,18H,3-6,10H2,1-2H3. The molecule has 0 aromatic heterocycles. The third-order valence-corrected chi connectivity index (χ3v) is 3.97. The van der Waals surface area contributed by atoms with Gasteiger partial charge >= 0.3 is 0 Å². The van der Waals surface area contributed by atoms with E-state index in [4.69, 9.17) is 5.11 Å². The number of hydrogen-bond donors (Lipinski definition) is 1. The lowest BCUT2D eigenvalue weighted by atomic mass is 9.86. The number of rotatable bonds is 3. The number of aliphatic hydroxyl groups excluding tert-OH is 1. The van der Waals surface area contributed by atoms with E-state index in [1.807, 2.05) is 6.07 Å². The van der Waals surface area contributed by atoms with Crippen molar-refractivity contribution in [3.05, 3.63) is 29.6 Å². The molecule has 0 amide bonds. The van der Waals surface area contributed by atoms with Gasteiger partial charge in [-0.2, -0.15) is 0 Å². The van der Waals surface area contributed by atoms with Crippen LogP contribution >= 0.6 is 0 Å². The van der Waals surface area contributed by atoms with E-state index < -0.39 is 0 Å². The van der Waals surface area contributed by atoms with Gasteiger partial charge in [-0.15, -0.1) is 0 Å². The summed E-state index contributed by atoms with van der Waals surface area (Å²) < 4.78 is 13.4. The van der Waals surface area contributed by atoms with Crippen LogP contribution < -0.4 is 4.90 Å². The molecular formula is C15H22FNO. The van der Waals surface area contributed by atoms with Gasteiger partial charge in [-0.25, -0.2) is 4.39 Å². The molecule has 3 heteroatoms. The summed E-state index contributed by atoms with van der Waals surface area (Å²) in [6.07, 6.45) is 2.34. The van der Waals surface area contributed by atoms with Crippen LogP contribution in [-0.2, 0) is 6.61 Å². The van der Waals surface area contributed by atoms with Gasteiger partial charge in [0, 0.05) is 18.8 Å². The maximum Gasteiger partial charge on any atom is 0.125 e. The van der Waals surface area contributed by atoms with Crippen molar-refractivity contribution in [3.63, 3.8) is 0 Å². The zero-order valence-corrected chi connectivity index (χ0v) is 11.2. The van der Waals surface area contributed by atoms with E-state index in [9.17, 15) is 4.39 Å². The van der Waals surface area contributed by atoms with Crippen molar-refractivity contribution < 1.29 is 9.50 Å². The first kappa shape index (κ1) is 13.3. The fourth-order valence-electron chi connectivity index (χ4n) is 2.73. The molecule has 1 fully saturated rings. The lowest BCUT2D eigenvalue weighted by Gasteiger charge is -2.35. The van der Waals surface area contributed by atoms with Gasteiger partial charge in [0.25, 0.3) is 0 Å². The summed E-state index contributed by atoms with van der Waals surface area (Å²) in [4.78, 5) is 2.22. The summed E-state index contributed by atoms with van der Waals surface area (Å²) in [6.45, 7) is 6.40. The van der Waals surface area contributed by atoms with Crippen LogP contribution in [0.4, 0.5) is 10.1 Å². The van der Waals surface area contributed by atoms with Crippen LogP contribution in [-0.4, -0.2) is 18.2 Å². The molecule has 1 aromatic carbocycles. The topological polar surface area (TPSA) is 23.5 Å². The lowest BCUT2D eigenvalue weighted by molar-refractivity contribution is 0.281. The molecule has 0 saturated carbocycles. The fraction of sp³-hybridized carbons (Fsp3) is 0.600. The molecule has 0 spiro atoms. The summed E-state index contributed by atoms with van der Waals surface area (Å²) in [5, 5.41) is 9.11. The molecule has 0 bridgehead atoms. The van der Waals surface area contributed by atoms with Crippen LogP contribution in [0.3, 0.4) is 0 Å². The third-order valence-electron chi connectivity index (χ3n) is 3.97. The smallest absolute Gasteiger partial charge is 0.125 e. The Morgan fingerprint density at radius 2 is 1.94 bits per heavy atom. The minimum absolute atomic E-state index is 0.104. The Hall–Kier alpha value is -1.09. The van der Waals surface area contributed by atoms with Crippen molar-refractivity contribution in [2.75, 3.05) is 18.0 Å². The summed E-state index contributed by atoms with van der Waals surface area (Å²) in [5.74, 6) is 1.25. The van der Waals surface area contributed by atoms with Crippen molar-refractivity contribution in [2.45, 2.75) is 33.3 Å². The van der Waals surface area contributed by atoms with Gasteiger partial charge < -0.3 is 10.0 Å². The highest BCUT2D eigenvalue weighted by Crippen LogP contribution is 2.28. The maximum absolute atomic E-state index is 13.4. The first-order chi connectivity index (χ1) is 8.60. The number of benzene rings is 1. The molecule has 1 heterocycles. The minimum Gasteiger partial charge on any atom is -0.392 e. The second kappa shape index (κ2) is 5.70. The Morgan fingerprint density at radius 1 is 1.28 bits per heavy atom. The first-order valence-corrected chi connectivity index (χ1v) is 6.75. The van der Waals surface area contributed by atoms with Crippen LogP contribution in [0.15, 0.2) is 18.2 Å². The molecule has 0 radical (unpaired) electrons. The van der Waals surface area contributed by atoms with Crippen LogP contribution in [0.25, 0.3) is 0 Å². The summed E-state index contributed by atoms with van der Waals surface area (Å²) >= 11 is 0. The monoisotopic (exact) mass is 251 g/mol. The van der Waals surface area contributed by atoms with E-state index in [2.05, 4.69) is 18.7 Å². The van der Waals surface area contributed by atoms with Gasteiger partial charge in [0.15, 0.2) is 0 Å². The highest BCUT2D eigenvalue weighted by atomic mass is 19.1. The Morgan fingerprint density at radius 3 is 2.50 bits per heavy atom. The second-order valence-corrected chi connectivity index (χ2v) is 5.54. The summed E-state index contributed by atoms with van der Waals surface area (Å²) in [5.41, 5.74) is 1.55. The number of piperidine rings is 1. The Balaban J connectivity index is 2.07. The number of halogens is 1. The van der Waals surface area contributed by atoms with E-state index in [0.717, 1.165) is 30.6 Å². The highest BCUT2D eigenvalue weighted by molar-refractivity contribution is 5.49.